The van der Waals surface area contributed by atoms with Crippen LogP contribution in [0.4, 0.5) is 0 Å². The highest BCUT2D eigenvalue weighted by Gasteiger charge is 2.26. The van der Waals surface area contributed by atoms with Crippen molar-refractivity contribution in [2.75, 3.05) is 0 Å². The molecular formula is C15H20O. The quantitative estimate of drug-likeness (QED) is 0.761. The van der Waals surface area contributed by atoms with Gasteiger partial charge in [0, 0.05) is 5.41 Å². The van der Waals surface area contributed by atoms with Gasteiger partial charge in [0.05, 0.1) is 6.10 Å². The standard InChI is InChI=1S/C15H20O/c1-12(2)15(3,4)14(16)11-10-13-8-6-5-7-9-13/h5-11,14,16H,1H2,2-4H3/b11-10+. The van der Waals surface area contributed by atoms with Crippen molar-refractivity contribution in [3.63, 3.8) is 0 Å². The van der Waals surface area contributed by atoms with E-state index in [4.69, 9.17) is 0 Å². The maximum absolute atomic E-state index is 10.1. The first kappa shape index (κ1) is 12.7. The number of benzene rings is 1. The summed E-state index contributed by atoms with van der Waals surface area (Å²) in [6, 6.07) is 9.96. The van der Waals surface area contributed by atoms with Crippen molar-refractivity contribution in [1.29, 1.82) is 0 Å². The number of hydrogen-bond acceptors (Lipinski definition) is 1. The summed E-state index contributed by atoms with van der Waals surface area (Å²) < 4.78 is 0. The first-order chi connectivity index (χ1) is 7.44. The van der Waals surface area contributed by atoms with Crippen LogP contribution in [-0.4, -0.2) is 11.2 Å². The van der Waals surface area contributed by atoms with Crippen LogP contribution in [0.15, 0.2) is 48.6 Å². The summed E-state index contributed by atoms with van der Waals surface area (Å²) in [5, 5.41) is 10.1. The maximum atomic E-state index is 10.1. The number of aliphatic hydroxyl groups excluding tert-OH is 1. The molecule has 0 aliphatic heterocycles. The molecule has 1 nitrogen and oxygen atoms in total. The molecule has 86 valence electrons. The molecular weight excluding hydrogens is 196 g/mol. The van der Waals surface area contributed by atoms with E-state index in [2.05, 4.69) is 6.58 Å². The van der Waals surface area contributed by atoms with Crippen LogP contribution in [0, 0.1) is 5.41 Å². The molecule has 1 heteroatoms. The Morgan fingerprint density at radius 2 is 1.88 bits per heavy atom. The Morgan fingerprint density at radius 3 is 2.38 bits per heavy atom. The van der Waals surface area contributed by atoms with Crippen LogP contribution in [0.5, 0.6) is 0 Å². The SMILES string of the molecule is C=C(C)C(C)(C)C(O)/C=C/c1ccccc1. The van der Waals surface area contributed by atoms with Crippen LogP contribution in [0.2, 0.25) is 0 Å². The van der Waals surface area contributed by atoms with E-state index in [1.807, 2.05) is 63.3 Å². The van der Waals surface area contributed by atoms with E-state index < -0.39 is 6.10 Å². The molecule has 0 fully saturated rings. The summed E-state index contributed by atoms with van der Waals surface area (Å²) in [4.78, 5) is 0. The lowest BCUT2D eigenvalue weighted by Crippen LogP contribution is -2.28. The lowest BCUT2D eigenvalue weighted by atomic mass is 9.80. The Hall–Kier alpha value is -1.34. The second kappa shape index (κ2) is 5.13. The molecule has 1 unspecified atom stereocenters. The molecule has 0 aliphatic carbocycles. The fourth-order valence-electron chi connectivity index (χ4n) is 1.26. The van der Waals surface area contributed by atoms with Crippen molar-refractivity contribution in [2.45, 2.75) is 26.9 Å². The van der Waals surface area contributed by atoms with Crippen molar-refractivity contribution >= 4 is 6.08 Å². The zero-order valence-corrected chi connectivity index (χ0v) is 10.3. The predicted octanol–water partition coefficient (Wildman–Crippen LogP) is 3.66. The minimum Gasteiger partial charge on any atom is -0.388 e. The Balaban J connectivity index is 2.75. The van der Waals surface area contributed by atoms with Crippen molar-refractivity contribution in [2.24, 2.45) is 5.41 Å². The first-order valence-corrected chi connectivity index (χ1v) is 5.52. The molecule has 1 rings (SSSR count). The molecule has 0 spiro atoms. The van der Waals surface area contributed by atoms with Gasteiger partial charge < -0.3 is 5.11 Å². The lowest BCUT2D eigenvalue weighted by Gasteiger charge is -2.29. The van der Waals surface area contributed by atoms with Gasteiger partial charge in [-0.15, -0.1) is 0 Å². The highest BCUT2D eigenvalue weighted by Crippen LogP contribution is 2.29. The summed E-state index contributed by atoms with van der Waals surface area (Å²) >= 11 is 0. The van der Waals surface area contributed by atoms with Crippen LogP contribution in [0.3, 0.4) is 0 Å². The average Bonchev–Trinajstić information content (AvgIpc) is 2.27. The van der Waals surface area contributed by atoms with Gasteiger partial charge in [-0.3, -0.25) is 0 Å². The van der Waals surface area contributed by atoms with Gasteiger partial charge in [0.1, 0.15) is 0 Å². The third kappa shape index (κ3) is 3.07. The molecule has 0 radical (unpaired) electrons. The number of hydrogen-bond donors (Lipinski definition) is 1. The summed E-state index contributed by atoms with van der Waals surface area (Å²) in [6.07, 6.45) is 3.25. The van der Waals surface area contributed by atoms with Crippen molar-refractivity contribution < 1.29 is 5.11 Å². The molecule has 1 N–H and O–H groups in total. The molecule has 0 saturated heterocycles. The van der Waals surface area contributed by atoms with Crippen LogP contribution in [-0.2, 0) is 0 Å². The highest BCUT2D eigenvalue weighted by atomic mass is 16.3. The van der Waals surface area contributed by atoms with E-state index in [0.717, 1.165) is 11.1 Å². The molecule has 16 heavy (non-hydrogen) atoms. The van der Waals surface area contributed by atoms with Crippen molar-refractivity contribution in [3.8, 4) is 0 Å². The number of rotatable bonds is 4. The molecule has 1 aromatic rings. The van der Waals surface area contributed by atoms with E-state index in [1.54, 1.807) is 0 Å². The van der Waals surface area contributed by atoms with Gasteiger partial charge in [0.25, 0.3) is 0 Å². The Labute approximate surface area is 98.1 Å². The van der Waals surface area contributed by atoms with E-state index in [0.29, 0.717) is 0 Å². The van der Waals surface area contributed by atoms with Gasteiger partial charge >= 0.3 is 0 Å². The molecule has 1 atom stereocenters. The topological polar surface area (TPSA) is 20.2 Å². The Morgan fingerprint density at radius 1 is 1.31 bits per heavy atom. The summed E-state index contributed by atoms with van der Waals surface area (Å²) in [5.41, 5.74) is 1.79. The summed E-state index contributed by atoms with van der Waals surface area (Å²) in [5.74, 6) is 0. The minimum atomic E-state index is -0.509. The third-order valence-electron chi connectivity index (χ3n) is 3.11. The fourth-order valence-corrected chi connectivity index (χ4v) is 1.26. The zero-order chi connectivity index (χ0) is 12.2. The lowest BCUT2D eigenvalue weighted by molar-refractivity contribution is 0.119. The maximum Gasteiger partial charge on any atom is 0.0811 e. The van der Waals surface area contributed by atoms with Gasteiger partial charge in [-0.25, -0.2) is 0 Å². The molecule has 0 bridgehead atoms. The van der Waals surface area contributed by atoms with E-state index in [9.17, 15) is 5.11 Å². The smallest absolute Gasteiger partial charge is 0.0811 e. The first-order valence-electron chi connectivity index (χ1n) is 5.52. The van der Waals surface area contributed by atoms with Crippen LogP contribution >= 0.6 is 0 Å². The molecule has 1 aromatic carbocycles. The van der Waals surface area contributed by atoms with Crippen LogP contribution in [0.25, 0.3) is 6.08 Å². The van der Waals surface area contributed by atoms with Gasteiger partial charge in [0.2, 0.25) is 0 Å². The molecule has 0 aromatic heterocycles. The monoisotopic (exact) mass is 216 g/mol. The second-order valence-electron chi connectivity index (χ2n) is 4.72. The summed E-state index contributed by atoms with van der Waals surface area (Å²) in [7, 11) is 0. The van der Waals surface area contributed by atoms with Crippen LogP contribution in [0.1, 0.15) is 26.3 Å². The molecule has 0 amide bonds. The number of aliphatic hydroxyl groups is 1. The second-order valence-corrected chi connectivity index (χ2v) is 4.72. The van der Waals surface area contributed by atoms with E-state index >= 15 is 0 Å². The van der Waals surface area contributed by atoms with E-state index in [1.165, 1.54) is 0 Å². The molecule has 0 aliphatic rings. The normalized spacial score (nSPS) is 14.0. The van der Waals surface area contributed by atoms with E-state index in [-0.39, 0.29) is 5.41 Å². The van der Waals surface area contributed by atoms with Gasteiger partial charge in [-0.1, -0.05) is 68.5 Å². The van der Waals surface area contributed by atoms with Crippen molar-refractivity contribution in [1.82, 2.24) is 0 Å². The molecule has 0 saturated carbocycles. The van der Waals surface area contributed by atoms with Gasteiger partial charge in [-0.2, -0.15) is 0 Å². The van der Waals surface area contributed by atoms with Crippen LogP contribution < -0.4 is 0 Å². The highest BCUT2D eigenvalue weighted by molar-refractivity contribution is 5.49. The Kier molecular flexibility index (Phi) is 4.08. The van der Waals surface area contributed by atoms with Gasteiger partial charge in [0.15, 0.2) is 0 Å². The molecule has 0 heterocycles. The average molecular weight is 216 g/mol. The largest absolute Gasteiger partial charge is 0.388 e. The van der Waals surface area contributed by atoms with Crippen molar-refractivity contribution in [3.05, 3.63) is 54.1 Å². The third-order valence-corrected chi connectivity index (χ3v) is 3.11. The summed E-state index contributed by atoms with van der Waals surface area (Å²) in [6.45, 7) is 9.84. The Bertz CT molecular complexity index is 374. The fraction of sp³-hybridized carbons (Fsp3) is 0.333. The predicted molar refractivity (Wildman–Crippen MR) is 70.1 cm³/mol. The van der Waals surface area contributed by atoms with Gasteiger partial charge in [-0.05, 0) is 12.5 Å². The zero-order valence-electron chi connectivity index (χ0n) is 10.3. The minimum absolute atomic E-state index is 0.286.